The minimum Gasteiger partial charge on any atom is -0.399 e. The number of nitrogens with two attached hydrogens (primary N) is 3. The average Bonchev–Trinajstić information content (AvgIpc) is 2.55. The number of carbonyl (C=O) groups excluding carboxylic acids is 1. The molecule has 7 nitrogen and oxygen atoms in total. The molecule has 0 aliphatic rings. The highest BCUT2D eigenvalue weighted by molar-refractivity contribution is 7.89. The molecule has 2 aromatic rings. The highest BCUT2D eigenvalue weighted by Gasteiger charge is 2.06. The van der Waals surface area contributed by atoms with Crippen LogP contribution in [0, 0.1) is 0 Å². The number of anilines is 2. The first kappa shape index (κ1) is 18.5. The number of amides is 1. The van der Waals surface area contributed by atoms with Crippen molar-refractivity contribution in [2.24, 2.45) is 5.14 Å². The maximum Gasteiger partial charge on any atom is 0.244 e. The summed E-state index contributed by atoms with van der Waals surface area (Å²) in [6, 6.07) is 11.3. The topological polar surface area (TPSA) is 141 Å². The van der Waals surface area contributed by atoms with E-state index in [1.54, 1.807) is 36.4 Å². The van der Waals surface area contributed by atoms with Crippen LogP contribution in [0.4, 0.5) is 11.4 Å². The maximum absolute atomic E-state index is 11.8. The molecule has 0 saturated heterocycles. The van der Waals surface area contributed by atoms with E-state index >= 15 is 0 Å². The van der Waals surface area contributed by atoms with Crippen LogP contribution in [-0.4, -0.2) is 20.9 Å². The van der Waals surface area contributed by atoms with Gasteiger partial charge in [0.05, 0.1) is 4.90 Å². The van der Waals surface area contributed by atoms with Gasteiger partial charge in [-0.3, -0.25) is 4.79 Å². The van der Waals surface area contributed by atoms with Crippen LogP contribution in [0.2, 0.25) is 0 Å². The summed E-state index contributed by atoms with van der Waals surface area (Å²) in [5.41, 5.74) is 14.1. The van der Waals surface area contributed by atoms with Crippen LogP contribution in [0.1, 0.15) is 11.1 Å². The van der Waals surface area contributed by atoms with Gasteiger partial charge in [-0.15, -0.1) is 0 Å². The molecule has 0 bridgehead atoms. The third-order valence-electron chi connectivity index (χ3n) is 3.49. The van der Waals surface area contributed by atoms with Crippen molar-refractivity contribution in [1.29, 1.82) is 0 Å². The van der Waals surface area contributed by atoms with Crippen molar-refractivity contribution in [2.45, 2.75) is 11.3 Å². The fraction of sp³-hybridized carbons (Fsp3) is 0.118. The van der Waals surface area contributed by atoms with Crippen LogP contribution in [0.25, 0.3) is 6.08 Å². The summed E-state index contributed by atoms with van der Waals surface area (Å²) in [4.78, 5) is 11.9. The molecule has 0 radical (unpaired) electrons. The average molecular weight is 360 g/mol. The van der Waals surface area contributed by atoms with E-state index in [-0.39, 0.29) is 10.8 Å². The summed E-state index contributed by atoms with van der Waals surface area (Å²) >= 11 is 0. The number of nitrogen functional groups attached to an aromatic ring is 2. The second-order valence-corrected chi connectivity index (χ2v) is 7.01. The van der Waals surface area contributed by atoms with Crippen molar-refractivity contribution in [1.82, 2.24) is 5.32 Å². The van der Waals surface area contributed by atoms with E-state index in [4.69, 9.17) is 16.6 Å². The molecule has 0 heterocycles. The van der Waals surface area contributed by atoms with E-state index in [0.717, 1.165) is 5.56 Å². The molecule has 0 spiro atoms. The summed E-state index contributed by atoms with van der Waals surface area (Å²) in [5, 5.41) is 7.78. The Balaban J connectivity index is 1.86. The van der Waals surface area contributed by atoms with Gasteiger partial charge < -0.3 is 16.8 Å². The van der Waals surface area contributed by atoms with Crippen molar-refractivity contribution < 1.29 is 13.2 Å². The van der Waals surface area contributed by atoms with Crippen LogP contribution in [0.3, 0.4) is 0 Å². The highest BCUT2D eigenvalue weighted by atomic mass is 32.2. The maximum atomic E-state index is 11.8. The zero-order chi connectivity index (χ0) is 18.4. The fourth-order valence-corrected chi connectivity index (χ4v) is 2.65. The molecule has 2 rings (SSSR count). The van der Waals surface area contributed by atoms with Gasteiger partial charge in [0.15, 0.2) is 0 Å². The number of carbonyl (C=O) groups is 1. The lowest BCUT2D eigenvalue weighted by atomic mass is 10.1. The van der Waals surface area contributed by atoms with E-state index in [1.165, 1.54) is 18.2 Å². The predicted molar refractivity (Wildman–Crippen MR) is 98.8 cm³/mol. The third-order valence-corrected chi connectivity index (χ3v) is 4.42. The normalized spacial score (nSPS) is 11.6. The van der Waals surface area contributed by atoms with Gasteiger partial charge in [-0.05, 0) is 54.0 Å². The Labute approximate surface area is 146 Å². The number of benzene rings is 2. The van der Waals surface area contributed by atoms with E-state index in [1.807, 2.05) is 0 Å². The van der Waals surface area contributed by atoms with Gasteiger partial charge in [0.1, 0.15) is 0 Å². The Bertz CT molecular complexity index is 891. The van der Waals surface area contributed by atoms with Gasteiger partial charge in [0.25, 0.3) is 0 Å². The smallest absolute Gasteiger partial charge is 0.244 e. The second kappa shape index (κ2) is 7.82. The molecule has 0 fully saturated rings. The van der Waals surface area contributed by atoms with Crippen molar-refractivity contribution >= 4 is 33.4 Å². The first-order chi connectivity index (χ1) is 11.8. The van der Waals surface area contributed by atoms with Crippen LogP contribution in [-0.2, 0) is 21.2 Å². The van der Waals surface area contributed by atoms with Crippen molar-refractivity contribution in [3.63, 3.8) is 0 Å². The Morgan fingerprint density at radius 2 is 1.76 bits per heavy atom. The molecule has 0 aromatic heterocycles. The number of nitrogens with one attached hydrogen (secondary N) is 1. The van der Waals surface area contributed by atoms with Crippen LogP contribution in [0.5, 0.6) is 0 Å². The van der Waals surface area contributed by atoms with Crippen LogP contribution >= 0.6 is 0 Å². The molecule has 2 aromatic carbocycles. The van der Waals surface area contributed by atoms with Gasteiger partial charge in [-0.2, -0.15) is 0 Å². The van der Waals surface area contributed by atoms with Crippen LogP contribution in [0.15, 0.2) is 53.4 Å². The predicted octanol–water partition coefficient (Wildman–Crippen LogP) is 0.871. The van der Waals surface area contributed by atoms with Gasteiger partial charge in [0.2, 0.25) is 15.9 Å². The SMILES string of the molecule is Nc1ccc(N)c(C=CC(=O)NCCc2ccc(S(N)(=O)=O)cc2)c1. The number of primary sulfonamides is 1. The molecule has 0 atom stereocenters. The number of sulfonamides is 1. The van der Waals surface area contributed by atoms with Gasteiger partial charge in [-0.25, -0.2) is 13.6 Å². The molecule has 25 heavy (non-hydrogen) atoms. The Morgan fingerprint density at radius 1 is 1.08 bits per heavy atom. The lowest BCUT2D eigenvalue weighted by Gasteiger charge is -2.05. The van der Waals surface area contributed by atoms with Crippen molar-refractivity contribution in [2.75, 3.05) is 18.0 Å². The molecule has 8 heteroatoms. The molecule has 0 aliphatic heterocycles. The number of hydrogen-bond acceptors (Lipinski definition) is 5. The molecular weight excluding hydrogens is 340 g/mol. The molecule has 1 amide bonds. The summed E-state index contributed by atoms with van der Waals surface area (Å²) in [6.07, 6.45) is 3.54. The molecule has 132 valence electrons. The fourth-order valence-electron chi connectivity index (χ4n) is 2.14. The van der Waals surface area contributed by atoms with Crippen LogP contribution < -0.4 is 21.9 Å². The molecule has 7 N–H and O–H groups in total. The largest absolute Gasteiger partial charge is 0.399 e. The van der Waals surface area contributed by atoms with E-state index in [9.17, 15) is 13.2 Å². The zero-order valence-electron chi connectivity index (χ0n) is 13.5. The second-order valence-electron chi connectivity index (χ2n) is 5.45. The summed E-state index contributed by atoms with van der Waals surface area (Å²) in [6.45, 7) is 0.407. The van der Waals surface area contributed by atoms with Gasteiger partial charge in [0, 0.05) is 24.0 Å². The van der Waals surface area contributed by atoms with Crippen molar-refractivity contribution in [3.05, 3.63) is 59.7 Å². The Kier molecular flexibility index (Phi) is 5.79. The first-order valence-electron chi connectivity index (χ1n) is 7.48. The molecule has 0 aliphatic carbocycles. The Morgan fingerprint density at radius 3 is 2.40 bits per heavy atom. The minimum absolute atomic E-state index is 0.0583. The number of hydrogen-bond donors (Lipinski definition) is 4. The van der Waals surface area contributed by atoms with Crippen molar-refractivity contribution in [3.8, 4) is 0 Å². The van der Waals surface area contributed by atoms with E-state index in [0.29, 0.717) is 29.9 Å². The van der Waals surface area contributed by atoms with E-state index in [2.05, 4.69) is 5.32 Å². The summed E-state index contributed by atoms with van der Waals surface area (Å²) in [5.74, 6) is -0.261. The molecule has 0 unspecified atom stereocenters. The quantitative estimate of drug-likeness (QED) is 0.447. The highest BCUT2D eigenvalue weighted by Crippen LogP contribution is 2.16. The summed E-state index contributed by atoms with van der Waals surface area (Å²) < 4.78 is 22.4. The molecule has 0 saturated carbocycles. The lowest BCUT2D eigenvalue weighted by molar-refractivity contribution is -0.116. The summed E-state index contributed by atoms with van der Waals surface area (Å²) in [7, 11) is -3.69. The van der Waals surface area contributed by atoms with Gasteiger partial charge in [-0.1, -0.05) is 12.1 Å². The zero-order valence-corrected chi connectivity index (χ0v) is 14.3. The van der Waals surface area contributed by atoms with Gasteiger partial charge >= 0.3 is 0 Å². The minimum atomic E-state index is -3.69. The lowest BCUT2D eigenvalue weighted by Crippen LogP contribution is -2.23. The Hall–Kier alpha value is -2.84. The monoisotopic (exact) mass is 360 g/mol. The first-order valence-corrected chi connectivity index (χ1v) is 9.03. The van der Waals surface area contributed by atoms with E-state index < -0.39 is 10.0 Å². The standard InChI is InChI=1S/C17H20N4O3S/c18-14-4-7-16(19)13(11-14)3-8-17(22)21-10-9-12-1-5-15(6-2-12)25(20,23)24/h1-8,11H,9-10,18-19H2,(H,21,22)(H2,20,23,24). The molecular formula is C17H20N4O3S. The third kappa shape index (κ3) is 5.63. The number of rotatable bonds is 6.